The minimum absolute atomic E-state index is 0. The Morgan fingerprint density at radius 1 is 1.03 bits per heavy atom. The first-order valence-corrected chi connectivity index (χ1v) is 11.1. The molecule has 12 heteroatoms. The van der Waals surface area contributed by atoms with E-state index in [2.05, 4.69) is 26.3 Å². The molecule has 2 rings (SSSR count). The molecule has 0 aliphatic rings. The van der Waals surface area contributed by atoms with E-state index in [0.29, 0.717) is 17.8 Å². The summed E-state index contributed by atoms with van der Waals surface area (Å²) in [4.78, 5) is 40.8. The normalized spacial score (nSPS) is 11.4. The van der Waals surface area contributed by atoms with Crippen LogP contribution in [0, 0.1) is 5.41 Å². The van der Waals surface area contributed by atoms with Crippen LogP contribution in [0.1, 0.15) is 43.6 Å². The Balaban J connectivity index is 0.00000648. The predicted octanol–water partition coefficient (Wildman–Crippen LogP) is 1.38. The van der Waals surface area contributed by atoms with Crippen LogP contribution in [0.3, 0.4) is 0 Å². The molecule has 1 aromatic carbocycles. The van der Waals surface area contributed by atoms with Crippen molar-refractivity contribution in [3.8, 4) is 0 Å². The zero-order valence-corrected chi connectivity index (χ0v) is 21.4. The van der Waals surface area contributed by atoms with Gasteiger partial charge >= 0.3 is 6.09 Å². The zero-order chi connectivity index (χ0) is 25.8. The number of carbonyl (C=O) groups excluding carboxylic acids is 3. The van der Waals surface area contributed by atoms with Gasteiger partial charge in [0.1, 0.15) is 17.5 Å². The molecule has 3 amide bonds. The van der Waals surface area contributed by atoms with Crippen LogP contribution < -0.4 is 27.0 Å². The minimum atomic E-state index is -0.787. The van der Waals surface area contributed by atoms with Gasteiger partial charge in [0.15, 0.2) is 0 Å². The number of halogens is 1. The van der Waals surface area contributed by atoms with Crippen molar-refractivity contribution in [2.45, 2.75) is 39.0 Å². The smallest absolute Gasteiger partial charge is 0.407 e. The molecule has 7 N–H and O–H groups in total. The lowest BCUT2D eigenvalue weighted by atomic mass is 10.1. The van der Waals surface area contributed by atoms with Crippen molar-refractivity contribution in [3.05, 3.63) is 65.5 Å². The van der Waals surface area contributed by atoms with Gasteiger partial charge in [-0.3, -0.25) is 25.3 Å². The Bertz CT molecular complexity index is 1010. The highest BCUT2D eigenvalue weighted by Crippen LogP contribution is 2.12. The van der Waals surface area contributed by atoms with Crippen LogP contribution in [0.2, 0.25) is 0 Å². The summed E-state index contributed by atoms with van der Waals surface area (Å²) >= 11 is 0. The third kappa shape index (κ3) is 11.2. The summed E-state index contributed by atoms with van der Waals surface area (Å²) in [6.07, 6.45) is 1.02. The lowest BCUT2D eigenvalue weighted by Gasteiger charge is -2.19. The van der Waals surface area contributed by atoms with Gasteiger partial charge in [-0.2, -0.15) is 0 Å². The number of aromatic nitrogens is 1. The van der Waals surface area contributed by atoms with Crippen molar-refractivity contribution >= 4 is 36.2 Å². The average Bonchev–Trinajstić information content (AvgIpc) is 2.80. The number of nitrogens with one attached hydrogen (secondary N) is 5. The van der Waals surface area contributed by atoms with E-state index in [1.165, 1.54) is 0 Å². The van der Waals surface area contributed by atoms with Gasteiger partial charge in [0, 0.05) is 31.4 Å². The molecule has 0 fully saturated rings. The summed E-state index contributed by atoms with van der Waals surface area (Å²) in [6.45, 7) is 5.77. The Labute approximate surface area is 216 Å². The van der Waals surface area contributed by atoms with E-state index in [-0.39, 0.29) is 37.9 Å². The number of ether oxygens (including phenoxy) is 1. The molecule has 0 aliphatic heterocycles. The van der Waals surface area contributed by atoms with E-state index in [1.807, 2.05) is 12.1 Å². The van der Waals surface area contributed by atoms with Crippen molar-refractivity contribution in [2.24, 2.45) is 5.73 Å². The van der Waals surface area contributed by atoms with Crippen LogP contribution in [0.25, 0.3) is 0 Å². The molecule has 11 nitrogen and oxygen atoms in total. The standard InChI is InChI=1S/C24H33N7O4.ClH/c1-24(2,3)35-23(34)29-13-12-28-19(32)15-31-22(33)20(18-6-4-5-11-27-18)30-14-16-7-9-17(10-8-16)21(25)26;/h4-11,20,30H,12-15H2,1-3H3,(H3,25,26)(H,28,32)(H,29,34)(H,31,33);1H. The number of nitrogen functional groups attached to an aromatic ring is 1. The molecule has 196 valence electrons. The zero-order valence-electron chi connectivity index (χ0n) is 20.6. The van der Waals surface area contributed by atoms with Crippen molar-refractivity contribution in [3.63, 3.8) is 0 Å². The van der Waals surface area contributed by atoms with Crippen molar-refractivity contribution in [2.75, 3.05) is 19.6 Å². The molecule has 1 heterocycles. The number of alkyl carbamates (subject to hydrolysis) is 1. The lowest BCUT2D eigenvalue weighted by molar-refractivity contribution is -0.127. The molecule has 0 radical (unpaired) electrons. The molecule has 0 saturated heterocycles. The van der Waals surface area contributed by atoms with E-state index >= 15 is 0 Å². The number of amides is 3. The second-order valence-electron chi connectivity index (χ2n) is 8.68. The SMILES string of the molecule is CC(C)(C)OC(=O)NCCNC(=O)CNC(=O)C(NCc1ccc(C(=N)N)cc1)c1ccccn1.Cl. The number of nitrogens with zero attached hydrogens (tertiary/aromatic N) is 1. The number of carbonyl (C=O) groups is 3. The van der Waals surface area contributed by atoms with Gasteiger partial charge < -0.3 is 26.4 Å². The topological polar surface area (TPSA) is 171 Å². The summed E-state index contributed by atoms with van der Waals surface area (Å²) in [5.41, 5.74) is 6.89. The first kappa shape index (κ1) is 30.3. The van der Waals surface area contributed by atoms with Crippen molar-refractivity contribution in [1.82, 2.24) is 26.3 Å². The second-order valence-corrected chi connectivity index (χ2v) is 8.68. The van der Waals surface area contributed by atoms with E-state index in [1.54, 1.807) is 57.3 Å². The quantitative estimate of drug-likeness (QED) is 0.148. The van der Waals surface area contributed by atoms with Gasteiger partial charge in [0.2, 0.25) is 11.8 Å². The third-order valence-electron chi connectivity index (χ3n) is 4.56. The molecule has 1 unspecified atom stereocenters. The number of rotatable bonds is 11. The van der Waals surface area contributed by atoms with Gasteiger partial charge in [-0.1, -0.05) is 30.3 Å². The average molecular weight is 520 g/mol. The molecule has 36 heavy (non-hydrogen) atoms. The maximum Gasteiger partial charge on any atom is 0.407 e. The maximum atomic E-state index is 12.9. The van der Waals surface area contributed by atoms with Gasteiger partial charge in [-0.05, 0) is 38.5 Å². The highest BCUT2D eigenvalue weighted by molar-refractivity contribution is 5.94. The minimum Gasteiger partial charge on any atom is -0.444 e. The summed E-state index contributed by atoms with van der Waals surface area (Å²) < 4.78 is 5.12. The first-order valence-electron chi connectivity index (χ1n) is 11.1. The summed E-state index contributed by atoms with van der Waals surface area (Å²) in [6, 6.07) is 11.6. The summed E-state index contributed by atoms with van der Waals surface area (Å²) in [5.74, 6) is -0.829. The molecule has 1 aromatic heterocycles. The van der Waals surface area contributed by atoms with E-state index in [4.69, 9.17) is 15.9 Å². The van der Waals surface area contributed by atoms with E-state index in [0.717, 1.165) is 5.56 Å². The number of hydrogen-bond acceptors (Lipinski definition) is 7. The van der Waals surface area contributed by atoms with Crippen LogP contribution in [0.5, 0.6) is 0 Å². The Hall–Kier alpha value is -3.70. The Kier molecular flexibility index (Phi) is 12.3. The predicted molar refractivity (Wildman–Crippen MR) is 139 cm³/mol. The van der Waals surface area contributed by atoms with Gasteiger partial charge in [0.25, 0.3) is 0 Å². The fraction of sp³-hybridized carbons (Fsp3) is 0.375. The molecule has 0 aliphatic carbocycles. The highest BCUT2D eigenvalue weighted by atomic mass is 35.5. The second kappa shape index (κ2) is 14.6. The van der Waals surface area contributed by atoms with Crippen molar-refractivity contribution < 1.29 is 19.1 Å². The van der Waals surface area contributed by atoms with Crippen LogP contribution in [0.4, 0.5) is 4.79 Å². The van der Waals surface area contributed by atoms with Crippen LogP contribution in [-0.2, 0) is 20.9 Å². The maximum absolute atomic E-state index is 12.9. The lowest BCUT2D eigenvalue weighted by Crippen LogP contribution is -2.44. The van der Waals surface area contributed by atoms with Crippen LogP contribution in [0.15, 0.2) is 48.7 Å². The largest absolute Gasteiger partial charge is 0.444 e. The third-order valence-corrected chi connectivity index (χ3v) is 4.56. The van der Waals surface area contributed by atoms with E-state index in [9.17, 15) is 14.4 Å². The van der Waals surface area contributed by atoms with Crippen LogP contribution in [-0.4, -0.2) is 54.0 Å². The van der Waals surface area contributed by atoms with Crippen LogP contribution >= 0.6 is 12.4 Å². The first-order chi connectivity index (χ1) is 16.5. The molecule has 1 atom stereocenters. The molecule has 0 bridgehead atoms. The molecule has 2 aromatic rings. The van der Waals surface area contributed by atoms with Crippen molar-refractivity contribution in [1.29, 1.82) is 5.41 Å². The Morgan fingerprint density at radius 2 is 1.69 bits per heavy atom. The fourth-order valence-electron chi connectivity index (χ4n) is 2.91. The summed E-state index contributed by atoms with van der Waals surface area (Å²) in [7, 11) is 0. The molecular formula is C24H34ClN7O4. The Morgan fingerprint density at radius 3 is 2.28 bits per heavy atom. The number of hydrogen-bond donors (Lipinski definition) is 6. The molecular weight excluding hydrogens is 486 g/mol. The fourth-order valence-corrected chi connectivity index (χ4v) is 2.91. The van der Waals surface area contributed by atoms with E-state index < -0.39 is 29.6 Å². The van der Waals surface area contributed by atoms with Gasteiger partial charge in [-0.25, -0.2) is 4.79 Å². The molecule has 0 saturated carbocycles. The van der Waals surface area contributed by atoms with Gasteiger partial charge in [0.05, 0.1) is 12.2 Å². The summed E-state index contributed by atoms with van der Waals surface area (Å²) in [5, 5.41) is 18.4. The highest BCUT2D eigenvalue weighted by Gasteiger charge is 2.22. The monoisotopic (exact) mass is 519 g/mol. The van der Waals surface area contributed by atoms with Gasteiger partial charge in [-0.15, -0.1) is 12.4 Å². The number of benzene rings is 1. The molecule has 0 spiro atoms. The number of amidine groups is 1. The number of pyridine rings is 1. The number of nitrogens with two attached hydrogens (primary N) is 1.